The summed E-state index contributed by atoms with van der Waals surface area (Å²) in [7, 11) is -3.75. The van der Waals surface area contributed by atoms with Crippen molar-refractivity contribution in [1.82, 2.24) is 15.1 Å². The smallest absolute Gasteiger partial charge is 0.319 e. The summed E-state index contributed by atoms with van der Waals surface area (Å²) in [6.07, 6.45) is 3.50. The molecule has 1 aromatic heterocycles. The van der Waals surface area contributed by atoms with Crippen LogP contribution in [-0.4, -0.2) is 24.2 Å². The highest BCUT2D eigenvalue weighted by atomic mass is 32.2. The number of rotatable bonds is 5. The summed E-state index contributed by atoms with van der Waals surface area (Å²) >= 11 is 0. The molecule has 0 aliphatic heterocycles. The van der Waals surface area contributed by atoms with Crippen molar-refractivity contribution in [3.63, 3.8) is 0 Å². The lowest BCUT2D eigenvalue weighted by Gasteiger charge is -2.07. The predicted molar refractivity (Wildman–Crippen MR) is 97.2 cm³/mol. The van der Waals surface area contributed by atoms with E-state index in [0.717, 1.165) is 11.3 Å². The van der Waals surface area contributed by atoms with Crippen molar-refractivity contribution >= 4 is 21.7 Å². The molecule has 0 saturated heterocycles. The summed E-state index contributed by atoms with van der Waals surface area (Å²) in [5.74, 6) is 0. The number of benzene rings is 2. The fourth-order valence-electron chi connectivity index (χ4n) is 2.26. The van der Waals surface area contributed by atoms with Crippen LogP contribution in [0.2, 0.25) is 0 Å². The second-order valence-corrected chi connectivity index (χ2v) is 7.07. The number of anilines is 1. The lowest BCUT2D eigenvalue weighted by atomic mass is 10.3. The van der Waals surface area contributed by atoms with E-state index in [0.29, 0.717) is 12.2 Å². The van der Waals surface area contributed by atoms with Gasteiger partial charge in [-0.2, -0.15) is 5.10 Å². The molecule has 8 nitrogen and oxygen atoms in total. The Hall–Kier alpha value is -3.17. The van der Waals surface area contributed by atoms with Gasteiger partial charge >= 0.3 is 6.03 Å². The van der Waals surface area contributed by atoms with Crippen molar-refractivity contribution < 1.29 is 13.2 Å². The summed E-state index contributed by atoms with van der Waals surface area (Å²) in [4.78, 5) is 11.9. The van der Waals surface area contributed by atoms with Gasteiger partial charge in [0.25, 0.3) is 0 Å². The molecule has 0 aliphatic rings. The molecule has 2 aromatic carbocycles. The highest BCUT2D eigenvalue weighted by molar-refractivity contribution is 7.89. The van der Waals surface area contributed by atoms with Crippen LogP contribution in [0.4, 0.5) is 10.5 Å². The Morgan fingerprint density at radius 2 is 1.77 bits per heavy atom. The van der Waals surface area contributed by atoms with Crippen LogP contribution in [0.5, 0.6) is 0 Å². The van der Waals surface area contributed by atoms with E-state index in [1.807, 2.05) is 36.5 Å². The third kappa shape index (κ3) is 4.47. The quantitative estimate of drug-likeness (QED) is 0.634. The number of hydrogen-bond acceptors (Lipinski definition) is 4. The molecule has 0 spiro atoms. The Balaban J connectivity index is 1.55. The van der Waals surface area contributed by atoms with Crippen molar-refractivity contribution in [2.24, 2.45) is 5.14 Å². The van der Waals surface area contributed by atoms with E-state index >= 15 is 0 Å². The van der Waals surface area contributed by atoms with Crippen LogP contribution >= 0.6 is 0 Å². The van der Waals surface area contributed by atoms with Gasteiger partial charge in [0.1, 0.15) is 0 Å². The molecule has 0 saturated carbocycles. The molecule has 9 heteroatoms. The van der Waals surface area contributed by atoms with Crippen molar-refractivity contribution in [2.75, 3.05) is 5.32 Å². The van der Waals surface area contributed by atoms with Gasteiger partial charge in [-0.25, -0.2) is 23.0 Å². The highest BCUT2D eigenvalue weighted by Gasteiger charge is 2.08. The van der Waals surface area contributed by atoms with E-state index in [1.165, 1.54) is 24.3 Å². The Labute approximate surface area is 150 Å². The van der Waals surface area contributed by atoms with Gasteiger partial charge in [0.05, 0.1) is 16.8 Å². The van der Waals surface area contributed by atoms with Gasteiger partial charge in [-0.15, -0.1) is 0 Å². The first-order chi connectivity index (χ1) is 12.4. The van der Waals surface area contributed by atoms with Crippen LogP contribution in [0.3, 0.4) is 0 Å². The van der Waals surface area contributed by atoms with Gasteiger partial charge in [-0.3, -0.25) is 0 Å². The topological polar surface area (TPSA) is 119 Å². The van der Waals surface area contributed by atoms with Gasteiger partial charge in [0, 0.05) is 24.0 Å². The van der Waals surface area contributed by atoms with E-state index in [1.54, 1.807) is 10.9 Å². The first-order valence-corrected chi connectivity index (χ1v) is 9.23. The number of nitrogens with two attached hydrogens (primary N) is 1. The minimum absolute atomic E-state index is 0.0169. The van der Waals surface area contributed by atoms with Gasteiger partial charge in [-0.05, 0) is 36.4 Å². The van der Waals surface area contributed by atoms with Gasteiger partial charge in [0.2, 0.25) is 10.0 Å². The van der Waals surface area contributed by atoms with Crippen molar-refractivity contribution in [3.8, 4) is 5.69 Å². The first-order valence-electron chi connectivity index (χ1n) is 7.68. The van der Waals surface area contributed by atoms with E-state index < -0.39 is 16.1 Å². The monoisotopic (exact) mass is 371 g/mol. The third-order valence-electron chi connectivity index (χ3n) is 3.55. The number of aromatic nitrogens is 2. The van der Waals surface area contributed by atoms with E-state index in [9.17, 15) is 13.2 Å². The van der Waals surface area contributed by atoms with E-state index in [4.69, 9.17) is 5.14 Å². The molecule has 0 bridgehead atoms. The number of carbonyl (C=O) groups is 1. The molecule has 1 heterocycles. The lowest BCUT2D eigenvalue weighted by molar-refractivity contribution is 0.251. The largest absolute Gasteiger partial charge is 0.334 e. The molecular weight excluding hydrogens is 354 g/mol. The number of primary sulfonamides is 1. The number of hydrogen-bond donors (Lipinski definition) is 3. The zero-order valence-electron chi connectivity index (χ0n) is 13.7. The molecule has 4 N–H and O–H groups in total. The molecule has 3 rings (SSSR count). The van der Waals surface area contributed by atoms with Gasteiger partial charge < -0.3 is 10.6 Å². The molecule has 2 amide bonds. The standard InChI is InChI=1S/C17H17N5O3S/c18-26(24,25)16-8-6-14(7-9-16)21-17(23)19-10-13-11-20-22(12-13)15-4-2-1-3-5-15/h1-9,11-12H,10H2,(H2,18,24,25)(H2,19,21,23). The van der Waals surface area contributed by atoms with E-state index in [-0.39, 0.29) is 4.90 Å². The van der Waals surface area contributed by atoms with Crippen LogP contribution in [0.1, 0.15) is 5.56 Å². The van der Waals surface area contributed by atoms with Crippen molar-refractivity contribution in [1.29, 1.82) is 0 Å². The average molecular weight is 371 g/mol. The fourth-order valence-corrected chi connectivity index (χ4v) is 2.77. The number of carbonyl (C=O) groups excluding carboxylic acids is 1. The summed E-state index contributed by atoms with van der Waals surface area (Å²) in [6.45, 7) is 0.300. The first kappa shape index (κ1) is 17.6. The maximum atomic E-state index is 12.0. The average Bonchev–Trinajstić information content (AvgIpc) is 3.09. The molecular formula is C17H17N5O3S. The molecule has 0 atom stereocenters. The number of urea groups is 1. The molecule has 3 aromatic rings. The van der Waals surface area contributed by atoms with Gasteiger partial charge in [0.15, 0.2) is 0 Å². The Kier molecular flexibility index (Phi) is 5.01. The van der Waals surface area contributed by atoms with Crippen molar-refractivity contribution in [3.05, 3.63) is 72.6 Å². The van der Waals surface area contributed by atoms with Gasteiger partial charge in [-0.1, -0.05) is 18.2 Å². The minimum Gasteiger partial charge on any atom is -0.334 e. The highest BCUT2D eigenvalue weighted by Crippen LogP contribution is 2.12. The number of amides is 2. The van der Waals surface area contributed by atoms with Crippen LogP contribution in [0, 0.1) is 0 Å². The zero-order chi connectivity index (χ0) is 18.6. The van der Waals surface area contributed by atoms with Crippen LogP contribution in [0.15, 0.2) is 71.9 Å². The number of nitrogens with one attached hydrogen (secondary N) is 2. The number of para-hydroxylation sites is 1. The summed E-state index contributed by atoms with van der Waals surface area (Å²) in [5, 5.41) is 14.6. The van der Waals surface area contributed by atoms with Crippen LogP contribution in [0.25, 0.3) is 5.69 Å². The normalized spacial score (nSPS) is 11.1. The molecule has 0 radical (unpaired) electrons. The SMILES string of the molecule is NS(=O)(=O)c1ccc(NC(=O)NCc2cnn(-c3ccccc3)c2)cc1. The molecule has 0 unspecified atom stereocenters. The Morgan fingerprint density at radius 3 is 2.42 bits per heavy atom. The molecule has 0 aliphatic carbocycles. The third-order valence-corrected chi connectivity index (χ3v) is 4.48. The van der Waals surface area contributed by atoms with E-state index in [2.05, 4.69) is 15.7 Å². The van der Waals surface area contributed by atoms with Crippen LogP contribution in [-0.2, 0) is 16.6 Å². The second kappa shape index (κ2) is 7.38. The van der Waals surface area contributed by atoms with Crippen LogP contribution < -0.4 is 15.8 Å². The summed E-state index contributed by atoms with van der Waals surface area (Å²) in [5.41, 5.74) is 2.22. The molecule has 134 valence electrons. The number of nitrogens with zero attached hydrogens (tertiary/aromatic N) is 2. The lowest BCUT2D eigenvalue weighted by Crippen LogP contribution is -2.28. The van der Waals surface area contributed by atoms with Crippen molar-refractivity contribution in [2.45, 2.75) is 11.4 Å². The maximum Gasteiger partial charge on any atom is 0.319 e. The zero-order valence-corrected chi connectivity index (χ0v) is 14.5. The molecule has 26 heavy (non-hydrogen) atoms. The Morgan fingerprint density at radius 1 is 1.08 bits per heavy atom. The molecule has 0 fully saturated rings. The summed E-state index contributed by atoms with van der Waals surface area (Å²) < 4.78 is 24.1. The second-order valence-electron chi connectivity index (χ2n) is 5.51. The minimum atomic E-state index is -3.75. The number of sulfonamides is 1. The summed E-state index contributed by atoms with van der Waals surface area (Å²) in [6, 6.07) is 14.8. The fraction of sp³-hybridized carbons (Fsp3) is 0.0588. The Bertz CT molecular complexity index is 998. The maximum absolute atomic E-state index is 12.0. The predicted octanol–water partition coefficient (Wildman–Crippen LogP) is 1.84.